The summed E-state index contributed by atoms with van der Waals surface area (Å²) in [6.45, 7) is 2.30. The van der Waals surface area contributed by atoms with Gasteiger partial charge >= 0.3 is 6.18 Å². The summed E-state index contributed by atoms with van der Waals surface area (Å²) in [5, 5.41) is 3.24. The van der Waals surface area contributed by atoms with Gasteiger partial charge < -0.3 is 10.2 Å². The first-order chi connectivity index (χ1) is 8.47. The Bertz CT molecular complexity index is 300. The lowest BCUT2D eigenvalue weighted by Crippen LogP contribution is -2.44. The van der Waals surface area contributed by atoms with Gasteiger partial charge in [-0.05, 0) is 44.7 Å². The van der Waals surface area contributed by atoms with Gasteiger partial charge in [0.25, 0.3) is 0 Å². The van der Waals surface area contributed by atoms with E-state index in [1.807, 2.05) is 0 Å². The first-order valence-corrected chi connectivity index (χ1v) is 6.54. The van der Waals surface area contributed by atoms with E-state index in [1.54, 1.807) is 0 Å². The molecular weight excluding hydrogens is 245 g/mol. The molecule has 0 radical (unpaired) electrons. The number of piperidine rings is 1. The monoisotopic (exact) mass is 264 g/mol. The van der Waals surface area contributed by atoms with Gasteiger partial charge in [0.15, 0.2) is 0 Å². The van der Waals surface area contributed by atoms with E-state index >= 15 is 0 Å². The van der Waals surface area contributed by atoms with Crippen LogP contribution in [0, 0.1) is 5.92 Å². The minimum absolute atomic E-state index is 0.0296. The van der Waals surface area contributed by atoms with Gasteiger partial charge in [-0.15, -0.1) is 0 Å². The Morgan fingerprint density at radius 1 is 1.22 bits per heavy atom. The molecule has 2 aliphatic heterocycles. The smallest absolute Gasteiger partial charge is 0.339 e. The van der Waals surface area contributed by atoms with Crippen LogP contribution in [-0.2, 0) is 4.79 Å². The fraction of sp³-hybridized carbons (Fsp3) is 0.917. The average Bonchev–Trinajstić information content (AvgIpc) is 2.76. The molecular formula is C12H19F3N2O. The number of halogens is 3. The highest BCUT2D eigenvalue weighted by Gasteiger charge is 2.39. The second-order valence-corrected chi connectivity index (χ2v) is 5.18. The SMILES string of the molecule is O=C(CC(F)(F)F)N1CCCC1C1CCNCC1. The van der Waals surface area contributed by atoms with Crippen LogP contribution in [0.4, 0.5) is 13.2 Å². The first-order valence-electron chi connectivity index (χ1n) is 6.54. The largest absolute Gasteiger partial charge is 0.397 e. The second kappa shape index (κ2) is 5.47. The number of likely N-dealkylation sites (tertiary alicyclic amines) is 1. The molecule has 0 spiro atoms. The van der Waals surface area contributed by atoms with Gasteiger partial charge in [0.1, 0.15) is 6.42 Å². The van der Waals surface area contributed by atoms with Crippen LogP contribution in [0.25, 0.3) is 0 Å². The molecule has 1 unspecified atom stereocenters. The first kappa shape index (κ1) is 13.6. The highest BCUT2D eigenvalue weighted by atomic mass is 19.4. The summed E-state index contributed by atoms with van der Waals surface area (Å²) in [5.41, 5.74) is 0. The Balaban J connectivity index is 1.96. The van der Waals surface area contributed by atoms with Crippen LogP contribution in [0.15, 0.2) is 0 Å². The number of carbonyl (C=O) groups excluding carboxylic acids is 1. The van der Waals surface area contributed by atoms with Gasteiger partial charge in [-0.25, -0.2) is 0 Å². The molecule has 6 heteroatoms. The summed E-state index contributed by atoms with van der Waals surface area (Å²) in [6.07, 6.45) is -2.10. The topological polar surface area (TPSA) is 32.3 Å². The van der Waals surface area contributed by atoms with Gasteiger partial charge in [0.05, 0.1) is 0 Å². The lowest BCUT2D eigenvalue weighted by molar-refractivity contribution is -0.162. The van der Waals surface area contributed by atoms with Crippen molar-refractivity contribution in [2.24, 2.45) is 5.92 Å². The maximum absolute atomic E-state index is 12.3. The number of hydrogen-bond acceptors (Lipinski definition) is 2. The van der Waals surface area contributed by atoms with E-state index in [9.17, 15) is 18.0 Å². The lowest BCUT2D eigenvalue weighted by atomic mass is 9.88. The molecule has 2 fully saturated rings. The molecule has 0 aromatic heterocycles. The Hall–Kier alpha value is -0.780. The zero-order chi connectivity index (χ0) is 13.2. The summed E-state index contributed by atoms with van der Waals surface area (Å²) in [4.78, 5) is 13.2. The number of alkyl halides is 3. The van der Waals surface area contributed by atoms with E-state index in [-0.39, 0.29) is 6.04 Å². The molecule has 104 valence electrons. The van der Waals surface area contributed by atoms with E-state index < -0.39 is 18.5 Å². The molecule has 2 rings (SSSR count). The molecule has 0 aromatic rings. The summed E-state index contributed by atoms with van der Waals surface area (Å²) in [7, 11) is 0. The Labute approximate surface area is 105 Å². The molecule has 2 heterocycles. The van der Waals surface area contributed by atoms with E-state index in [1.165, 1.54) is 4.90 Å². The third-order valence-corrected chi connectivity index (χ3v) is 3.90. The minimum Gasteiger partial charge on any atom is -0.339 e. The molecule has 0 aromatic carbocycles. The zero-order valence-corrected chi connectivity index (χ0v) is 10.3. The highest BCUT2D eigenvalue weighted by molar-refractivity contribution is 5.77. The molecule has 0 bridgehead atoms. The van der Waals surface area contributed by atoms with Crippen LogP contribution in [0.2, 0.25) is 0 Å². The predicted molar refractivity (Wildman–Crippen MR) is 61.0 cm³/mol. The molecule has 18 heavy (non-hydrogen) atoms. The van der Waals surface area contributed by atoms with Crippen molar-refractivity contribution in [3.8, 4) is 0 Å². The van der Waals surface area contributed by atoms with E-state index in [2.05, 4.69) is 5.32 Å². The van der Waals surface area contributed by atoms with Crippen LogP contribution in [0.3, 0.4) is 0 Å². The van der Waals surface area contributed by atoms with E-state index in [4.69, 9.17) is 0 Å². The molecule has 2 saturated heterocycles. The molecule has 1 N–H and O–H groups in total. The number of amides is 1. The van der Waals surface area contributed by atoms with Crippen LogP contribution in [0.1, 0.15) is 32.1 Å². The summed E-state index contributed by atoms with van der Waals surface area (Å²) < 4.78 is 36.8. The van der Waals surface area contributed by atoms with E-state index in [0.717, 1.165) is 38.8 Å². The van der Waals surface area contributed by atoms with Crippen LogP contribution < -0.4 is 5.32 Å². The van der Waals surface area contributed by atoms with Gasteiger partial charge in [-0.2, -0.15) is 13.2 Å². The molecule has 0 saturated carbocycles. The van der Waals surface area contributed by atoms with Crippen LogP contribution >= 0.6 is 0 Å². The number of nitrogens with one attached hydrogen (secondary N) is 1. The summed E-state index contributed by atoms with van der Waals surface area (Å²) in [5.74, 6) is -0.380. The Morgan fingerprint density at radius 3 is 2.50 bits per heavy atom. The zero-order valence-electron chi connectivity index (χ0n) is 10.3. The van der Waals surface area contributed by atoms with Crippen LogP contribution in [-0.4, -0.2) is 42.7 Å². The van der Waals surface area contributed by atoms with Crippen molar-refractivity contribution >= 4 is 5.91 Å². The maximum Gasteiger partial charge on any atom is 0.397 e. The molecule has 0 aliphatic carbocycles. The van der Waals surface area contributed by atoms with Crippen molar-refractivity contribution in [1.29, 1.82) is 0 Å². The number of carbonyl (C=O) groups is 1. The normalized spacial score (nSPS) is 26.6. The van der Waals surface area contributed by atoms with Crippen molar-refractivity contribution in [1.82, 2.24) is 10.2 Å². The quantitative estimate of drug-likeness (QED) is 0.826. The Morgan fingerprint density at radius 2 is 1.89 bits per heavy atom. The highest BCUT2D eigenvalue weighted by Crippen LogP contribution is 2.31. The average molecular weight is 264 g/mol. The van der Waals surface area contributed by atoms with Gasteiger partial charge in [0, 0.05) is 12.6 Å². The molecule has 2 aliphatic rings. The van der Waals surface area contributed by atoms with Crippen molar-refractivity contribution in [2.45, 2.75) is 44.3 Å². The second-order valence-electron chi connectivity index (χ2n) is 5.18. The molecule has 1 amide bonds. The Kier molecular flexibility index (Phi) is 4.14. The predicted octanol–water partition coefficient (Wildman–Crippen LogP) is 1.93. The van der Waals surface area contributed by atoms with Crippen molar-refractivity contribution in [3.05, 3.63) is 0 Å². The third kappa shape index (κ3) is 3.37. The van der Waals surface area contributed by atoms with Crippen molar-refractivity contribution in [2.75, 3.05) is 19.6 Å². The lowest BCUT2D eigenvalue weighted by Gasteiger charge is -2.34. The third-order valence-electron chi connectivity index (χ3n) is 3.90. The van der Waals surface area contributed by atoms with Crippen molar-refractivity contribution in [3.63, 3.8) is 0 Å². The maximum atomic E-state index is 12.3. The standard InChI is InChI=1S/C12H19F3N2O/c13-12(14,15)8-11(18)17-7-1-2-10(17)9-3-5-16-6-4-9/h9-10,16H,1-8H2. The molecule has 1 atom stereocenters. The van der Waals surface area contributed by atoms with Crippen LogP contribution in [0.5, 0.6) is 0 Å². The van der Waals surface area contributed by atoms with Gasteiger partial charge in [-0.1, -0.05) is 0 Å². The van der Waals surface area contributed by atoms with Crippen molar-refractivity contribution < 1.29 is 18.0 Å². The summed E-state index contributed by atoms with van der Waals surface area (Å²) >= 11 is 0. The fourth-order valence-corrected chi connectivity index (χ4v) is 3.09. The summed E-state index contributed by atoms with van der Waals surface area (Å²) in [6, 6.07) is 0.0296. The van der Waals surface area contributed by atoms with Gasteiger partial charge in [-0.3, -0.25) is 4.79 Å². The minimum atomic E-state index is -4.39. The van der Waals surface area contributed by atoms with E-state index in [0.29, 0.717) is 12.5 Å². The molecule has 3 nitrogen and oxygen atoms in total. The number of hydrogen-bond donors (Lipinski definition) is 1. The number of nitrogens with zero attached hydrogens (tertiary/aromatic N) is 1. The fourth-order valence-electron chi connectivity index (χ4n) is 3.09. The van der Waals surface area contributed by atoms with Gasteiger partial charge in [0.2, 0.25) is 5.91 Å². The number of rotatable bonds is 2.